The van der Waals surface area contributed by atoms with Gasteiger partial charge in [0.15, 0.2) is 0 Å². The predicted molar refractivity (Wildman–Crippen MR) is 47.7 cm³/mol. The van der Waals surface area contributed by atoms with E-state index < -0.39 is 5.97 Å². The number of hydrogen-bond acceptors (Lipinski definition) is 3. The maximum atomic E-state index is 10.5. The van der Waals surface area contributed by atoms with E-state index in [1.807, 2.05) is 6.92 Å². The van der Waals surface area contributed by atoms with Crippen molar-refractivity contribution < 1.29 is 9.90 Å². The van der Waals surface area contributed by atoms with Crippen LogP contribution >= 0.6 is 0 Å². The van der Waals surface area contributed by atoms with Crippen molar-refractivity contribution in [3.05, 3.63) is 0 Å². The van der Waals surface area contributed by atoms with Crippen LogP contribution in [0.5, 0.6) is 0 Å². The molecule has 0 rings (SSSR count). The molecule has 0 aliphatic carbocycles. The third-order valence-corrected chi connectivity index (χ3v) is 2.06. The van der Waals surface area contributed by atoms with Gasteiger partial charge in [0.1, 0.15) is 0 Å². The quantitative estimate of drug-likeness (QED) is 0.535. The van der Waals surface area contributed by atoms with Crippen molar-refractivity contribution in [2.45, 2.75) is 26.2 Å². The van der Waals surface area contributed by atoms with E-state index in [9.17, 15) is 4.79 Å². The monoisotopic (exact) mass is 174 g/mol. The predicted octanol–water partition coefficient (Wildman–Crippen LogP) is 0.165. The summed E-state index contributed by atoms with van der Waals surface area (Å²) in [4.78, 5) is 10.5. The third kappa shape index (κ3) is 4.31. The first-order valence-corrected chi connectivity index (χ1v) is 4.16. The minimum Gasteiger partial charge on any atom is -0.481 e. The van der Waals surface area contributed by atoms with Gasteiger partial charge in [-0.15, -0.1) is 0 Å². The number of nitrogens with two attached hydrogens (primary N) is 2. The van der Waals surface area contributed by atoms with Gasteiger partial charge < -0.3 is 16.6 Å². The van der Waals surface area contributed by atoms with Gasteiger partial charge in [0.25, 0.3) is 0 Å². The van der Waals surface area contributed by atoms with Gasteiger partial charge in [-0.1, -0.05) is 6.92 Å². The Morgan fingerprint density at radius 2 is 2.08 bits per heavy atom. The van der Waals surface area contributed by atoms with Crippen molar-refractivity contribution in [1.82, 2.24) is 0 Å². The molecule has 0 aromatic rings. The fourth-order valence-corrected chi connectivity index (χ4v) is 1.16. The smallest absolute Gasteiger partial charge is 0.303 e. The number of aliphatic carboxylic acids is 1. The molecule has 72 valence electrons. The van der Waals surface area contributed by atoms with E-state index >= 15 is 0 Å². The molecule has 4 heteroatoms. The normalized spacial score (nSPS) is 15.6. The Hall–Kier alpha value is -0.610. The first-order valence-electron chi connectivity index (χ1n) is 4.16. The van der Waals surface area contributed by atoms with Gasteiger partial charge in [-0.2, -0.15) is 0 Å². The lowest BCUT2D eigenvalue weighted by Gasteiger charge is -2.25. The molecular formula is C8H18N2O2. The molecule has 0 amide bonds. The van der Waals surface area contributed by atoms with Gasteiger partial charge in [0, 0.05) is 0 Å². The van der Waals surface area contributed by atoms with Gasteiger partial charge >= 0.3 is 5.97 Å². The fourth-order valence-electron chi connectivity index (χ4n) is 1.16. The zero-order valence-electron chi connectivity index (χ0n) is 7.55. The molecule has 4 nitrogen and oxygen atoms in total. The maximum Gasteiger partial charge on any atom is 0.303 e. The highest BCUT2D eigenvalue weighted by molar-refractivity contribution is 5.67. The molecule has 0 spiro atoms. The Morgan fingerprint density at radius 3 is 2.42 bits per heavy atom. The molecular weight excluding hydrogens is 156 g/mol. The van der Waals surface area contributed by atoms with Crippen molar-refractivity contribution in [2.24, 2.45) is 16.9 Å². The fraction of sp³-hybridized carbons (Fsp3) is 0.875. The first kappa shape index (κ1) is 11.4. The molecule has 0 bridgehead atoms. The summed E-state index contributed by atoms with van der Waals surface area (Å²) in [6.45, 7) is 2.88. The summed E-state index contributed by atoms with van der Waals surface area (Å²) in [6.07, 6.45) is 1.75. The number of rotatable bonds is 6. The number of carboxylic acids is 1. The molecule has 1 atom stereocenters. The van der Waals surface area contributed by atoms with Gasteiger partial charge in [-0.05, 0) is 31.3 Å². The van der Waals surface area contributed by atoms with E-state index in [1.54, 1.807) is 0 Å². The molecule has 0 aliphatic heterocycles. The van der Waals surface area contributed by atoms with E-state index in [-0.39, 0.29) is 11.8 Å². The zero-order chi connectivity index (χ0) is 9.61. The third-order valence-electron chi connectivity index (χ3n) is 2.06. The number of hydrogen-bond donors (Lipinski definition) is 3. The minimum absolute atomic E-state index is 0.128. The van der Waals surface area contributed by atoms with Gasteiger partial charge in [-0.3, -0.25) is 4.79 Å². The molecule has 1 unspecified atom stereocenters. The van der Waals surface area contributed by atoms with Crippen molar-refractivity contribution >= 4 is 5.97 Å². The highest BCUT2D eigenvalue weighted by Crippen LogP contribution is 2.25. The Morgan fingerprint density at radius 1 is 1.50 bits per heavy atom. The highest BCUT2D eigenvalue weighted by Gasteiger charge is 2.24. The highest BCUT2D eigenvalue weighted by atomic mass is 16.4. The summed E-state index contributed by atoms with van der Waals surface area (Å²) in [5.41, 5.74) is 10.5. The molecule has 5 N–H and O–H groups in total. The second-order valence-electron chi connectivity index (χ2n) is 3.48. The van der Waals surface area contributed by atoms with Crippen LogP contribution in [0, 0.1) is 5.41 Å². The molecule has 0 saturated heterocycles. The molecule has 0 aliphatic rings. The van der Waals surface area contributed by atoms with E-state index in [0.29, 0.717) is 13.1 Å². The van der Waals surface area contributed by atoms with E-state index in [4.69, 9.17) is 16.6 Å². The summed E-state index contributed by atoms with van der Waals surface area (Å²) in [5, 5.41) is 8.59. The van der Waals surface area contributed by atoms with E-state index in [1.165, 1.54) is 0 Å². The molecule has 0 fully saturated rings. The summed E-state index contributed by atoms with van der Waals surface area (Å²) < 4.78 is 0. The largest absolute Gasteiger partial charge is 0.481 e. The second kappa shape index (κ2) is 5.11. The van der Waals surface area contributed by atoms with Crippen LogP contribution in [0.15, 0.2) is 0 Å². The number of carbonyl (C=O) groups is 1. The number of carboxylic acid groups (broad SMARTS) is 1. The van der Waals surface area contributed by atoms with Crippen LogP contribution in [-0.4, -0.2) is 24.2 Å². The molecule has 12 heavy (non-hydrogen) atoms. The minimum atomic E-state index is -0.792. The maximum absolute atomic E-state index is 10.5. The van der Waals surface area contributed by atoms with Crippen molar-refractivity contribution in [2.75, 3.05) is 13.1 Å². The summed E-state index contributed by atoms with van der Waals surface area (Å²) in [7, 11) is 0. The molecule has 0 saturated carbocycles. The second-order valence-corrected chi connectivity index (χ2v) is 3.48. The van der Waals surface area contributed by atoms with Crippen LogP contribution in [-0.2, 0) is 4.79 Å². The Labute approximate surface area is 72.9 Å². The summed E-state index contributed by atoms with van der Waals surface area (Å²) in [6, 6.07) is 0. The van der Waals surface area contributed by atoms with E-state index in [2.05, 4.69) is 0 Å². The summed E-state index contributed by atoms with van der Waals surface area (Å²) >= 11 is 0. The molecule has 0 aromatic heterocycles. The Bertz CT molecular complexity index is 150. The Balaban J connectivity index is 3.95. The average molecular weight is 174 g/mol. The van der Waals surface area contributed by atoms with Crippen LogP contribution < -0.4 is 11.5 Å². The topological polar surface area (TPSA) is 89.3 Å². The molecule has 0 heterocycles. The van der Waals surface area contributed by atoms with Crippen LogP contribution in [0.4, 0.5) is 0 Å². The van der Waals surface area contributed by atoms with Crippen LogP contribution in [0.2, 0.25) is 0 Å². The zero-order valence-corrected chi connectivity index (χ0v) is 7.55. The lowest BCUT2D eigenvalue weighted by molar-refractivity contribution is -0.139. The first-order chi connectivity index (χ1) is 5.54. The SMILES string of the molecule is CC(CN)(CCCN)CC(=O)O. The van der Waals surface area contributed by atoms with Gasteiger partial charge in [0.05, 0.1) is 6.42 Å². The lowest BCUT2D eigenvalue weighted by Crippen LogP contribution is -2.30. The lowest BCUT2D eigenvalue weighted by atomic mass is 9.82. The Kier molecular flexibility index (Phi) is 4.85. The molecule has 0 radical (unpaired) electrons. The van der Waals surface area contributed by atoms with Gasteiger partial charge in [-0.25, -0.2) is 0 Å². The average Bonchev–Trinajstić information content (AvgIpc) is 2.00. The van der Waals surface area contributed by atoms with Crippen molar-refractivity contribution in [3.63, 3.8) is 0 Å². The summed E-state index contributed by atoms with van der Waals surface area (Å²) in [5.74, 6) is -0.792. The van der Waals surface area contributed by atoms with Crippen molar-refractivity contribution in [1.29, 1.82) is 0 Å². The molecule has 0 aromatic carbocycles. The van der Waals surface area contributed by atoms with Crippen LogP contribution in [0.3, 0.4) is 0 Å². The van der Waals surface area contributed by atoms with Crippen LogP contribution in [0.1, 0.15) is 26.2 Å². The standard InChI is InChI=1S/C8H18N2O2/c1-8(6-10,3-2-4-9)5-7(11)12/h2-6,9-10H2,1H3,(H,11,12). The van der Waals surface area contributed by atoms with Crippen molar-refractivity contribution in [3.8, 4) is 0 Å². The van der Waals surface area contributed by atoms with Crippen LogP contribution in [0.25, 0.3) is 0 Å². The van der Waals surface area contributed by atoms with Gasteiger partial charge in [0.2, 0.25) is 0 Å². The van der Waals surface area contributed by atoms with E-state index in [0.717, 1.165) is 12.8 Å².